The average molecular weight is 605 g/mol. The van der Waals surface area contributed by atoms with E-state index in [4.69, 9.17) is 4.42 Å². The number of amides is 2. The summed E-state index contributed by atoms with van der Waals surface area (Å²) >= 11 is 0. The topological polar surface area (TPSA) is 142 Å². The summed E-state index contributed by atoms with van der Waals surface area (Å²) in [6.45, 7) is 0.806. The number of aromatic amines is 1. The Morgan fingerprint density at radius 2 is 1.95 bits per heavy atom. The number of rotatable bonds is 6. The molecule has 11 nitrogen and oxygen atoms in total. The standard InChI is InChI=1S/C30H29FN6O5S/c1-32-29(38)25-21-14-20(18-6-5-13-37(16-18)30(39)28-34-22-7-4-12-33-27(22)35-28)23(36(2)43(3,40)41)15-24(21)42-26(25)17-8-10-19(31)11-9-17/h4,7-12,14-15,18H,5-6,13,16H2,1-3H3,(H,32,38)(H,33,34,35). The molecule has 1 aliphatic rings. The number of carbonyl (C=O) groups excluding carboxylic acids is 2. The highest BCUT2D eigenvalue weighted by Gasteiger charge is 2.32. The van der Waals surface area contributed by atoms with Gasteiger partial charge in [-0.3, -0.25) is 13.9 Å². The number of piperidine rings is 1. The molecule has 6 rings (SSSR count). The number of pyridine rings is 1. The normalized spacial score (nSPS) is 15.6. The molecular weight excluding hydrogens is 575 g/mol. The lowest BCUT2D eigenvalue weighted by molar-refractivity contribution is 0.0696. The van der Waals surface area contributed by atoms with E-state index >= 15 is 0 Å². The maximum absolute atomic E-state index is 13.7. The van der Waals surface area contributed by atoms with Gasteiger partial charge in [0.15, 0.2) is 11.5 Å². The maximum atomic E-state index is 13.7. The van der Waals surface area contributed by atoms with E-state index in [0.717, 1.165) is 6.26 Å². The van der Waals surface area contributed by atoms with Gasteiger partial charge < -0.3 is 19.6 Å². The van der Waals surface area contributed by atoms with Crippen molar-refractivity contribution in [3.8, 4) is 11.3 Å². The number of hydrogen-bond acceptors (Lipinski definition) is 7. The van der Waals surface area contributed by atoms with E-state index in [0.29, 0.717) is 64.9 Å². The number of imidazole rings is 1. The molecule has 1 saturated heterocycles. The molecule has 43 heavy (non-hydrogen) atoms. The number of halogens is 1. The Kier molecular flexibility index (Phi) is 7.12. The van der Waals surface area contributed by atoms with Crippen LogP contribution in [-0.4, -0.2) is 73.5 Å². The number of benzene rings is 2. The van der Waals surface area contributed by atoms with E-state index in [1.165, 1.54) is 42.7 Å². The number of H-pyrrole nitrogens is 1. The van der Waals surface area contributed by atoms with Crippen LogP contribution in [0.25, 0.3) is 33.5 Å². The predicted octanol–water partition coefficient (Wildman–Crippen LogP) is 4.29. The van der Waals surface area contributed by atoms with E-state index < -0.39 is 21.7 Å². The third kappa shape index (κ3) is 5.20. The van der Waals surface area contributed by atoms with Gasteiger partial charge in [-0.1, -0.05) is 0 Å². The van der Waals surface area contributed by atoms with Crippen LogP contribution >= 0.6 is 0 Å². The van der Waals surface area contributed by atoms with Crippen LogP contribution in [0.2, 0.25) is 0 Å². The van der Waals surface area contributed by atoms with E-state index in [1.54, 1.807) is 35.4 Å². The molecule has 0 aliphatic carbocycles. The number of hydrogen-bond donors (Lipinski definition) is 2. The number of sulfonamides is 1. The fourth-order valence-corrected chi connectivity index (χ4v) is 6.11. The van der Waals surface area contributed by atoms with Gasteiger partial charge in [0, 0.05) is 56.3 Å². The lowest BCUT2D eigenvalue weighted by atomic mass is 9.88. The molecule has 2 aromatic carbocycles. The first-order valence-corrected chi connectivity index (χ1v) is 15.5. The van der Waals surface area contributed by atoms with Crippen molar-refractivity contribution >= 4 is 49.7 Å². The fraction of sp³-hybridized carbons (Fsp3) is 0.267. The molecule has 1 fully saturated rings. The number of furan rings is 1. The minimum atomic E-state index is -3.69. The van der Waals surface area contributed by atoms with Gasteiger partial charge in [-0.15, -0.1) is 0 Å². The molecule has 3 aromatic heterocycles. The Hall–Kier alpha value is -4.78. The van der Waals surface area contributed by atoms with Crippen molar-refractivity contribution in [2.24, 2.45) is 0 Å². The number of nitrogens with one attached hydrogen (secondary N) is 2. The second-order valence-electron chi connectivity index (χ2n) is 10.6. The fourth-order valence-electron chi connectivity index (χ4n) is 5.59. The number of carbonyl (C=O) groups is 2. The Balaban J connectivity index is 1.46. The van der Waals surface area contributed by atoms with E-state index in [-0.39, 0.29) is 29.0 Å². The van der Waals surface area contributed by atoms with Crippen LogP contribution in [0.3, 0.4) is 0 Å². The quantitative estimate of drug-likeness (QED) is 0.295. The van der Waals surface area contributed by atoms with Crippen molar-refractivity contribution < 1.29 is 26.8 Å². The molecule has 0 bridgehead atoms. The SMILES string of the molecule is CNC(=O)c1c(-c2ccc(F)cc2)oc2cc(N(C)S(C)(=O)=O)c(C3CCCN(C(=O)c4nc5ncccc5[nH]4)C3)cc12. The highest BCUT2D eigenvalue weighted by Crippen LogP contribution is 2.42. The Bertz CT molecular complexity index is 1950. The summed E-state index contributed by atoms with van der Waals surface area (Å²) in [6, 6.07) is 12.5. The van der Waals surface area contributed by atoms with Gasteiger partial charge in [-0.2, -0.15) is 0 Å². The number of nitrogens with zero attached hydrogens (tertiary/aromatic N) is 4. The molecule has 1 unspecified atom stereocenters. The van der Waals surface area contributed by atoms with Crippen LogP contribution in [0.4, 0.5) is 10.1 Å². The molecule has 1 aliphatic heterocycles. The zero-order chi connectivity index (χ0) is 30.5. The first kappa shape index (κ1) is 28.3. The van der Waals surface area contributed by atoms with Gasteiger partial charge in [0.2, 0.25) is 10.0 Å². The molecule has 13 heteroatoms. The van der Waals surface area contributed by atoms with Crippen molar-refractivity contribution in [3.63, 3.8) is 0 Å². The molecule has 222 valence electrons. The molecule has 4 heterocycles. The van der Waals surface area contributed by atoms with Gasteiger partial charge >= 0.3 is 0 Å². The van der Waals surface area contributed by atoms with Crippen LogP contribution in [0.1, 0.15) is 45.3 Å². The highest BCUT2D eigenvalue weighted by molar-refractivity contribution is 7.92. The summed E-state index contributed by atoms with van der Waals surface area (Å²) < 4.78 is 46.5. The third-order valence-electron chi connectivity index (χ3n) is 7.84. The second-order valence-corrected chi connectivity index (χ2v) is 12.6. The maximum Gasteiger partial charge on any atom is 0.289 e. The van der Waals surface area contributed by atoms with Crippen molar-refractivity contribution in [2.45, 2.75) is 18.8 Å². The Morgan fingerprint density at radius 1 is 1.19 bits per heavy atom. The van der Waals surface area contributed by atoms with Crippen molar-refractivity contribution in [3.05, 3.63) is 77.5 Å². The Morgan fingerprint density at radius 3 is 2.65 bits per heavy atom. The smallest absolute Gasteiger partial charge is 0.289 e. The zero-order valence-electron chi connectivity index (χ0n) is 23.7. The minimum absolute atomic E-state index is 0.180. The molecule has 1 atom stereocenters. The van der Waals surface area contributed by atoms with Crippen LogP contribution < -0.4 is 9.62 Å². The lowest BCUT2D eigenvalue weighted by Gasteiger charge is -2.34. The summed E-state index contributed by atoms with van der Waals surface area (Å²) in [5, 5.41) is 3.12. The van der Waals surface area contributed by atoms with Gasteiger partial charge in [-0.25, -0.2) is 22.8 Å². The zero-order valence-corrected chi connectivity index (χ0v) is 24.5. The predicted molar refractivity (Wildman–Crippen MR) is 160 cm³/mol. The molecular formula is C30H29FN6O5S. The first-order chi connectivity index (χ1) is 20.5. The van der Waals surface area contributed by atoms with Crippen molar-refractivity contribution in [1.29, 1.82) is 0 Å². The van der Waals surface area contributed by atoms with Gasteiger partial charge in [0.25, 0.3) is 11.8 Å². The monoisotopic (exact) mass is 604 g/mol. The second kappa shape index (κ2) is 10.8. The van der Waals surface area contributed by atoms with Crippen molar-refractivity contribution in [1.82, 2.24) is 25.2 Å². The number of aromatic nitrogens is 3. The highest BCUT2D eigenvalue weighted by atomic mass is 32.2. The number of fused-ring (bicyclic) bond motifs is 2. The first-order valence-electron chi connectivity index (χ1n) is 13.7. The van der Waals surface area contributed by atoms with Crippen LogP contribution in [0.5, 0.6) is 0 Å². The largest absolute Gasteiger partial charge is 0.455 e. The summed E-state index contributed by atoms with van der Waals surface area (Å²) in [5.74, 6) is -0.971. The minimum Gasteiger partial charge on any atom is -0.455 e. The molecule has 0 radical (unpaired) electrons. The van der Waals surface area contributed by atoms with Crippen LogP contribution in [-0.2, 0) is 10.0 Å². The summed E-state index contributed by atoms with van der Waals surface area (Å²) in [4.78, 5) is 40.0. The lowest BCUT2D eigenvalue weighted by Crippen LogP contribution is -2.40. The summed E-state index contributed by atoms with van der Waals surface area (Å²) in [6.07, 6.45) is 4.06. The number of likely N-dealkylation sites (tertiary alicyclic amines) is 1. The van der Waals surface area contributed by atoms with Gasteiger partial charge in [-0.05, 0) is 60.9 Å². The van der Waals surface area contributed by atoms with Crippen LogP contribution in [0.15, 0.2) is 59.1 Å². The molecule has 0 spiro atoms. The Labute approximate surface area is 246 Å². The van der Waals surface area contributed by atoms with E-state index in [2.05, 4.69) is 20.3 Å². The molecule has 2 N–H and O–H groups in total. The summed E-state index contributed by atoms with van der Waals surface area (Å²) in [5.41, 5.74) is 3.17. The van der Waals surface area contributed by atoms with Gasteiger partial charge in [0.1, 0.15) is 17.2 Å². The number of anilines is 1. The van der Waals surface area contributed by atoms with Crippen LogP contribution in [0, 0.1) is 5.82 Å². The van der Waals surface area contributed by atoms with Gasteiger partial charge in [0.05, 0.1) is 23.0 Å². The van der Waals surface area contributed by atoms with E-state index in [9.17, 15) is 22.4 Å². The molecule has 0 saturated carbocycles. The third-order valence-corrected chi connectivity index (χ3v) is 9.03. The summed E-state index contributed by atoms with van der Waals surface area (Å²) in [7, 11) is -0.731. The van der Waals surface area contributed by atoms with E-state index in [1.807, 2.05) is 0 Å². The molecule has 5 aromatic rings. The molecule has 2 amide bonds. The van der Waals surface area contributed by atoms with Crippen molar-refractivity contribution in [2.75, 3.05) is 37.7 Å². The average Bonchev–Trinajstić information content (AvgIpc) is 3.61.